The molecule has 1 aliphatic rings. The number of rotatable bonds is 9. The van der Waals surface area contributed by atoms with Gasteiger partial charge in [0.2, 0.25) is 0 Å². The van der Waals surface area contributed by atoms with Crippen LogP contribution in [0, 0.1) is 11.3 Å². The molecule has 204 valence electrons. The zero-order chi connectivity index (χ0) is 28.2. The molecule has 0 saturated carbocycles. The average Bonchev–Trinajstić information content (AvgIpc) is 3.00. The van der Waals surface area contributed by atoms with E-state index < -0.39 is 16.9 Å². The first-order chi connectivity index (χ1) is 19.5. The third kappa shape index (κ3) is 4.76. The van der Waals surface area contributed by atoms with Gasteiger partial charge in [-0.3, -0.25) is 0 Å². The maximum Gasteiger partial charge on any atom is 0.124 e. The third-order valence-electron chi connectivity index (χ3n) is 8.74. The van der Waals surface area contributed by atoms with E-state index in [4.69, 9.17) is 11.5 Å². The third-order valence-corrected chi connectivity index (χ3v) is 8.74. The van der Waals surface area contributed by atoms with Crippen LogP contribution in [0.2, 0.25) is 0 Å². The molecule has 1 unspecified atom stereocenters. The van der Waals surface area contributed by atoms with E-state index in [0.717, 1.165) is 42.4 Å². The van der Waals surface area contributed by atoms with Crippen LogP contribution in [0.4, 0.5) is 0 Å². The summed E-state index contributed by atoms with van der Waals surface area (Å²) in [5, 5.41) is 13.3. The van der Waals surface area contributed by atoms with E-state index in [-0.39, 0.29) is 0 Å². The fraction of sp³-hybridized carbons (Fsp3) is 0.243. The monoisotopic (exact) mass is 528 g/mol. The zero-order valence-electron chi connectivity index (χ0n) is 23.6. The highest BCUT2D eigenvalue weighted by Gasteiger charge is 2.57. The molecule has 0 aliphatic heterocycles. The van der Waals surface area contributed by atoms with Crippen LogP contribution in [0.1, 0.15) is 48.9 Å². The highest BCUT2D eigenvalue weighted by atomic mass is 16.3. The van der Waals surface area contributed by atoms with E-state index in [9.17, 15) is 5.11 Å². The first kappa shape index (κ1) is 27.5. The first-order valence-electron chi connectivity index (χ1n) is 14.3. The number of hydrogen-bond donors (Lipinski definition) is 3. The number of benzene rings is 4. The molecule has 0 radical (unpaired) electrons. The number of nitrogens with two attached hydrogens (primary N) is 2. The van der Waals surface area contributed by atoms with Gasteiger partial charge in [-0.2, -0.15) is 0 Å². The van der Waals surface area contributed by atoms with Gasteiger partial charge in [-0.1, -0.05) is 141 Å². The van der Waals surface area contributed by atoms with Crippen LogP contribution in [-0.4, -0.2) is 5.11 Å². The van der Waals surface area contributed by atoms with Crippen molar-refractivity contribution in [2.45, 2.75) is 45.1 Å². The lowest BCUT2D eigenvalue weighted by molar-refractivity contribution is -0.0255. The molecule has 0 saturated heterocycles. The number of allylic oxidation sites excluding steroid dienone is 2. The van der Waals surface area contributed by atoms with Crippen LogP contribution < -0.4 is 11.5 Å². The quantitative estimate of drug-likeness (QED) is 0.214. The summed E-state index contributed by atoms with van der Waals surface area (Å²) in [5.74, 6) is -0.518. The summed E-state index contributed by atoms with van der Waals surface area (Å²) in [6.07, 6.45) is 3.03. The lowest BCUT2D eigenvalue weighted by Crippen LogP contribution is -2.54. The van der Waals surface area contributed by atoms with Gasteiger partial charge in [0.1, 0.15) is 5.60 Å². The molecule has 0 fully saturated rings. The molecule has 3 nitrogen and oxygen atoms in total. The normalized spacial score (nSPS) is 17.2. The van der Waals surface area contributed by atoms with Crippen LogP contribution in [0.25, 0.3) is 0 Å². The van der Waals surface area contributed by atoms with Crippen LogP contribution in [0.15, 0.2) is 144 Å². The van der Waals surface area contributed by atoms with Gasteiger partial charge in [0.15, 0.2) is 0 Å². The van der Waals surface area contributed by atoms with Crippen molar-refractivity contribution in [2.24, 2.45) is 22.8 Å². The second-order valence-electron chi connectivity index (χ2n) is 10.9. The summed E-state index contributed by atoms with van der Waals surface area (Å²) in [7, 11) is 0. The predicted octanol–water partition coefficient (Wildman–Crippen LogP) is 7.27. The molecule has 5 N–H and O–H groups in total. The lowest BCUT2D eigenvalue weighted by Gasteiger charge is -2.54. The summed E-state index contributed by atoms with van der Waals surface area (Å²) in [6, 6.07) is 41.2. The molecule has 1 aliphatic carbocycles. The van der Waals surface area contributed by atoms with Gasteiger partial charge < -0.3 is 16.6 Å². The minimum atomic E-state index is -1.43. The molecular formula is C37H40N2O. The molecule has 0 heterocycles. The summed E-state index contributed by atoms with van der Waals surface area (Å²) < 4.78 is 0. The molecular weight excluding hydrogens is 488 g/mol. The SMILES string of the molecule is CCC1=C(CC)C(Cc2ccccc2)(Cc2ccccc2)C(C(O)(c2ccccc2)c2ccccc2)C(N)=C1N. The fourth-order valence-electron chi connectivity index (χ4n) is 7.14. The van der Waals surface area contributed by atoms with E-state index in [1.54, 1.807) is 0 Å². The Kier molecular flexibility index (Phi) is 7.95. The van der Waals surface area contributed by atoms with Crippen molar-refractivity contribution >= 4 is 0 Å². The minimum Gasteiger partial charge on any atom is -0.400 e. The summed E-state index contributed by atoms with van der Waals surface area (Å²) >= 11 is 0. The Morgan fingerprint density at radius 3 is 1.40 bits per heavy atom. The Balaban J connectivity index is 1.89. The minimum absolute atomic E-state index is 0.518. The molecule has 0 amide bonds. The van der Waals surface area contributed by atoms with Crippen molar-refractivity contribution in [3.63, 3.8) is 0 Å². The van der Waals surface area contributed by atoms with Gasteiger partial charge in [0.05, 0.1) is 5.70 Å². The first-order valence-corrected chi connectivity index (χ1v) is 14.3. The average molecular weight is 529 g/mol. The van der Waals surface area contributed by atoms with Gasteiger partial charge in [0.25, 0.3) is 0 Å². The van der Waals surface area contributed by atoms with Crippen LogP contribution in [0.5, 0.6) is 0 Å². The van der Waals surface area contributed by atoms with Crippen molar-refractivity contribution < 1.29 is 5.11 Å². The zero-order valence-corrected chi connectivity index (χ0v) is 23.6. The molecule has 4 aromatic rings. The molecule has 1 atom stereocenters. The Hall–Kier alpha value is -4.08. The van der Waals surface area contributed by atoms with Crippen molar-refractivity contribution in [1.29, 1.82) is 0 Å². The van der Waals surface area contributed by atoms with E-state index in [1.807, 2.05) is 60.7 Å². The summed E-state index contributed by atoms with van der Waals surface area (Å²) in [4.78, 5) is 0. The Morgan fingerprint density at radius 1 is 0.625 bits per heavy atom. The number of hydrogen-bond acceptors (Lipinski definition) is 3. The van der Waals surface area contributed by atoms with E-state index in [1.165, 1.54) is 16.7 Å². The van der Waals surface area contributed by atoms with Crippen molar-refractivity contribution in [1.82, 2.24) is 0 Å². The Bertz CT molecular complexity index is 1390. The fourth-order valence-corrected chi connectivity index (χ4v) is 7.14. The van der Waals surface area contributed by atoms with Crippen LogP contribution in [-0.2, 0) is 18.4 Å². The standard InChI is InChI=1S/C37H40N2O/c1-3-31-32(4-2)36(25-27-17-9-5-10-18-27,26-28-19-11-6-12-20-28)35(34(39)33(31)38)37(40,29-21-13-7-14-22-29)30-23-15-8-16-24-30/h5-24,35,40H,3-4,25-26,38-39H2,1-2H3. The summed E-state index contributed by atoms with van der Waals surface area (Å²) in [6.45, 7) is 4.37. The highest BCUT2D eigenvalue weighted by molar-refractivity contribution is 5.52. The lowest BCUT2D eigenvalue weighted by atomic mass is 9.51. The molecule has 0 bridgehead atoms. The Labute approximate surface area is 238 Å². The molecule has 3 heteroatoms. The number of aliphatic hydroxyl groups is 1. The van der Waals surface area contributed by atoms with Crippen molar-refractivity contribution in [3.05, 3.63) is 166 Å². The van der Waals surface area contributed by atoms with Crippen molar-refractivity contribution in [3.8, 4) is 0 Å². The molecule has 40 heavy (non-hydrogen) atoms. The highest BCUT2D eigenvalue weighted by Crippen LogP contribution is 2.58. The molecule has 0 aromatic heterocycles. The molecule has 0 spiro atoms. The predicted molar refractivity (Wildman–Crippen MR) is 165 cm³/mol. The van der Waals surface area contributed by atoms with E-state index >= 15 is 0 Å². The van der Waals surface area contributed by atoms with Crippen LogP contribution >= 0.6 is 0 Å². The van der Waals surface area contributed by atoms with Crippen LogP contribution in [0.3, 0.4) is 0 Å². The summed E-state index contributed by atoms with van der Waals surface area (Å²) in [5.41, 5.74) is 19.8. The van der Waals surface area contributed by atoms with Gasteiger partial charge in [-0.25, -0.2) is 0 Å². The topological polar surface area (TPSA) is 72.3 Å². The molecule has 5 rings (SSSR count). The smallest absolute Gasteiger partial charge is 0.124 e. The van der Waals surface area contributed by atoms with E-state index in [2.05, 4.69) is 74.5 Å². The largest absolute Gasteiger partial charge is 0.400 e. The van der Waals surface area contributed by atoms with Crippen molar-refractivity contribution in [2.75, 3.05) is 0 Å². The van der Waals surface area contributed by atoms with Gasteiger partial charge in [-0.05, 0) is 53.5 Å². The second kappa shape index (κ2) is 11.6. The van der Waals surface area contributed by atoms with Gasteiger partial charge in [-0.15, -0.1) is 0 Å². The second-order valence-corrected chi connectivity index (χ2v) is 10.9. The van der Waals surface area contributed by atoms with E-state index in [0.29, 0.717) is 11.4 Å². The maximum atomic E-state index is 13.3. The maximum absolute atomic E-state index is 13.3. The Morgan fingerprint density at radius 2 is 1.02 bits per heavy atom. The van der Waals surface area contributed by atoms with Gasteiger partial charge >= 0.3 is 0 Å². The molecule has 4 aromatic carbocycles. The van der Waals surface area contributed by atoms with Gasteiger partial charge in [0, 0.05) is 17.0 Å².